The Morgan fingerprint density at radius 1 is 1.05 bits per heavy atom. The fourth-order valence-corrected chi connectivity index (χ4v) is 6.32. The first-order valence-electron chi connectivity index (χ1n) is 11.6. The molecule has 0 atom stereocenters. The maximum atomic E-state index is 13.3. The van der Waals surface area contributed by atoms with Crippen LogP contribution in [0.2, 0.25) is 5.02 Å². The van der Waals surface area contributed by atoms with Gasteiger partial charge in [-0.2, -0.15) is 9.04 Å². The molecular weight excluding hydrogens is 570 g/mol. The van der Waals surface area contributed by atoms with E-state index in [4.69, 9.17) is 11.6 Å². The van der Waals surface area contributed by atoms with Crippen molar-refractivity contribution in [3.8, 4) is 0 Å². The van der Waals surface area contributed by atoms with Crippen molar-refractivity contribution >= 4 is 54.6 Å². The van der Waals surface area contributed by atoms with Gasteiger partial charge in [0.25, 0.3) is 5.91 Å². The van der Waals surface area contributed by atoms with Gasteiger partial charge >= 0.3 is 0 Å². The minimum Gasteiger partial charge on any atom is -0.627 e. The van der Waals surface area contributed by atoms with Crippen LogP contribution in [0.4, 0.5) is 17.1 Å². The molecule has 2 aromatic carbocycles. The smallest absolute Gasteiger partial charge is 0.257 e. The molecule has 208 valence electrons. The summed E-state index contributed by atoms with van der Waals surface area (Å²) in [4.78, 5) is 12.9. The van der Waals surface area contributed by atoms with Crippen LogP contribution in [0.5, 0.6) is 0 Å². The number of nitrogens with zero attached hydrogens (tertiary/aromatic N) is 4. The number of benzene rings is 2. The van der Waals surface area contributed by atoms with Crippen LogP contribution in [0.3, 0.4) is 0 Å². The topological polar surface area (TPSA) is 154 Å². The van der Waals surface area contributed by atoms with Crippen molar-refractivity contribution in [3.63, 3.8) is 0 Å². The first kappa shape index (κ1) is 28.7. The molecule has 0 saturated carbocycles. The molecule has 1 saturated heterocycles. The van der Waals surface area contributed by atoms with Gasteiger partial charge in [-0.3, -0.25) is 9.10 Å². The second-order valence-corrected chi connectivity index (χ2v) is 13.4. The summed E-state index contributed by atoms with van der Waals surface area (Å²) >= 11 is 5.90. The molecule has 1 amide bonds. The molecule has 1 N–H and O–H groups in total. The molecule has 0 aliphatic carbocycles. The first-order valence-corrected chi connectivity index (χ1v) is 15.3. The van der Waals surface area contributed by atoms with E-state index >= 15 is 0 Å². The molecule has 0 bridgehead atoms. The number of aromatic nitrogens is 1. The van der Waals surface area contributed by atoms with Gasteiger partial charge in [-0.1, -0.05) is 23.7 Å². The number of hydroxylamine groups is 2. The predicted molar refractivity (Wildman–Crippen MR) is 148 cm³/mol. The molecule has 15 heteroatoms. The number of piperazine rings is 1. The van der Waals surface area contributed by atoms with Crippen molar-refractivity contribution in [1.29, 1.82) is 0 Å². The number of amides is 1. The SMILES string of the molecule is CN(c1ccccc1C(=O)Nc1ccc(S(=O)(=O)N2CC[N+]([O-])(c3cc(Cl)c[n+]([O-])c3)CC2)cc1)S(C)(=O)=O. The Hall–Kier alpha value is -3.27. The highest BCUT2D eigenvalue weighted by molar-refractivity contribution is 7.92. The third kappa shape index (κ3) is 6.16. The largest absolute Gasteiger partial charge is 0.627 e. The number of halogens is 1. The van der Waals surface area contributed by atoms with Gasteiger partial charge in [0, 0.05) is 18.8 Å². The van der Waals surface area contributed by atoms with Crippen LogP contribution in [0, 0.1) is 10.4 Å². The third-order valence-electron chi connectivity index (χ3n) is 6.42. The second kappa shape index (κ2) is 10.7. The number of carbonyl (C=O) groups excluding carboxylic acids is 1. The van der Waals surface area contributed by atoms with Gasteiger partial charge in [-0.25, -0.2) is 16.8 Å². The van der Waals surface area contributed by atoms with Crippen LogP contribution in [0.15, 0.2) is 71.9 Å². The summed E-state index contributed by atoms with van der Waals surface area (Å²) in [5.41, 5.74) is 0.768. The summed E-state index contributed by atoms with van der Waals surface area (Å²) < 4.78 is 52.1. The molecular formula is C24H26ClN5O7S2. The molecule has 2 heterocycles. The summed E-state index contributed by atoms with van der Waals surface area (Å²) in [7, 11) is -6.20. The molecule has 39 heavy (non-hydrogen) atoms. The molecule has 12 nitrogen and oxygen atoms in total. The first-order chi connectivity index (χ1) is 18.2. The van der Waals surface area contributed by atoms with Gasteiger partial charge in [0.2, 0.25) is 26.2 Å². The minimum atomic E-state index is -3.94. The second-order valence-electron chi connectivity index (χ2n) is 9.04. The van der Waals surface area contributed by atoms with Crippen LogP contribution in [-0.4, -0.2) is 66.5 Å². The highest BCUT2D eigenvalue weighted by atomic mass is 35.5. The molecule has 1 fully saturated rings. The number of pyridine rings is 1. The Morgan fingerprint density at radius 3 is 2.26 bits per heavy atom. The van der Waals surface area contributed by atoms with Crippen LogP contribution < -0.4 is 19.0 Å². The fraction of sp³-hybridized carbons (Fsp3) is 0.250. The summed E-state index contributed by atoms with van der Waals surface area (Å²) in [5, 5.41) is 27.7. The zero-order chi connectivity index (χ0) is 28.6. The lowest BCUT2D eigenvalue weighted by Gasteiger charge is -2.46. The van der Waals surface area contributed by atoms with Gasteiger partial charge in [0.15, 0.2) is 11.9 Å². The molecule has 1 aliphatic rings. The van der Waals surface area contributed by atoms with Crippen LogP contribution >= 0.6 is 11.6 Å². The molecule has 0 unspecified atom stereocenters. The number of rotatable bonds is 7. The lowest BCUT2D eigenvalue weighted by Crippen LogP contribution is -2.58. The quantitative estimate of drug-likeness (QED) is 0.249. The minimum absolute atomic E-state index is 0.0243. The third-order valence-corrected chi connectivity index (χ3v) is 9.73. The average molecular weight is 596 g/mol. The summed E-state index contributed by atoms with van der Waals surface area (Å²) in [6, 6.07) is 13.1. The van der Waals surface area contributed by atoms with Crippen LogP contribution in [0.25, 0.3) is 0 Å². The van der Waals surface area contributed by atoms with Crippen molar-refractivity contribution in [1.82, 2.24) is 8.95 Å². The predicted octanol–water partition coefficient (Wildman–Crippen LogP) is 2.13. The fourth-order valence-electron chi connectivity index (χ4n) is 4.17. The lowest BCUT2D eigenvalue weighted by atomic mass is 10.1. The van der Waals surface area contributed by atoms with E-state index in [0.717, 1.165) is 23.0 Å². The average Bonchev–Trinajstić information content (AvgIpc) is 2.88. The van der Waals surface area contributed by atoms with Gasteiger partial charge in [0.1, 0.15) is 5.02 Å². The van der Waals surface area contributed by atoms with E-state index in [2.05, 4.69) is 5.32 Å². The Bertz CT molecular complexity index is 1590. The molecule has 0 radical (unpaired) electrons. The number of anilines is 2. The number of hydrogen-bond donors (Lipinski definition) is 1. The zero-order valence-electron chi connectivity index (χ0n) is 21.0. The van der Waals surface area contributed by atoms with Crippen molar-refractivity contribution in [2.45, 2.75) is 4.90 Å². The molecule has 3 aromatic rings. The zero-order valence-corrected chi connectivity index (χ0v) is 23.4. The maximum absolute atomic E-state index is 13.3. The number of nitrogens with one attached hydrogen (secondary N) is 1. The van der Waals surface area contributed by atoms with Gasteiger partial charge in [0.05, 0.1) is 48.6 Å². The Kier molecular flexibility index (Phi) is 7.89. The normalized spacial score (nSPS) is 16.0. The highest BCUT2D eigenvalue weighted by Crippen LogP contribution is 2.28. The van der Waals surface area contributed by atoms with E-state index in [1.165, 1.54) is 53.8 Å². The van der Waals surface area contributed by atoms with Gasteiger partial charge < -0.3 is 20.4 Å². The Labute approximate surface area is 231 Å². The molecule has 0 spiro atoms. The molecule has 1 aromatic heterocycles. The van der Waals surface area contributed by atoms with Crippen molar-refractivity contribution < 1.29 is 26.4 Å². The summed E-state index contributed by atoms with van der Waals surface area (Å²) in [6.45, 7) is -0.343. The number of sulfonamides is 2. The highest BCUT2D eigenvalue weighted by Gasteiger charge is 2.35. The van der Waals surface area contributed by atoms with E-state index in [0.29, 0.717) is 10.4 Å². The summed E-state index contributed by atoms with van der Waals surface area (Å²) in [6.07, 6.45) is 3.28. The summed E-state index contributed by atoms with van der Waals surface area (Å²) in [5.74, 6) is -0.572. The Morgan fingerprint density at radius 2 is 1.67 bits per heavy atom. The maximum Gasteiger partial charge on any atom is 0.257 e. The number of carbonyl (C=O) groups is 1. The van der Waals surface area contributed by atoms with Crippen molar-refractivity contribution in [3.05, 3.63) is 88.0 Å². The van der Waals surface area contributed by atoms with Gasteiger partial charge in [-0.15, -0.1) is 0 Å². The monoisotopic (exact) mass is 595 g/mol. The van der Waals surface area contributed by atoms with Gasteiger partial charge in [-0.05, 0) is 36.4 Å². The van der Waals surface area contributed by atoms with Crippen LogP contribution in [0.1, 0.15) is 10.4 Å². The van der Waals surface area contributed by atoms with E-state index < -0.39 is 30.6 Å². The lowest BCUT2D eigenvalue weighted by molar-refractivity contribution is -0.605. The Balaban J connectivity index is 1.46. The van der Waals surface area contributed by atoms with Crippen LogP contribution in [-0.2, 0) is 20.0 Å². The van der Waals surface area contributed by atoms with Crippen molar-refractivity contribution in [2.75, 3.05) is 49.1 Å². The standard InChI is InChI=1S/C24H26ClN5O7S2/c1-27(38(2,34)35)23-6-4-3-5-22(23)24(31)26-19-7-9-21(10-8-19)39(36,37)29-11-13-30(33,14-12-29)20-15-18(25)16-28(32)17-20/h3-10,15-17H,11-14H2,1-2H3,(H,26,31). The van der Waals surface area contributed by atoms with E-state index in [-0.39, 0.29) is 53.0 Å². The number of para-hydroxylation sites is 1. The molecule has 4 rings (SSSR count). The number of quaternary nitrogens is 1. The molecule has 1 aliphatic heterocycles. The van der Waals surface area contributed by atoms with E-state index in [1.807, 2.05) is 0 Å². The number of hydrogen-bond acceptors (Lipinski definition) is 7. The van der Waals surface area contributed by atoms with Crippen molar-refractivity contribution in [2.24, 2.45) is 0 Å². The van der Waals surface area contributed by atoms with E-state index in [1.54, 1.807) is 12.1 Å². The van der Waals surface area contributed by atoms with E-state index in [9.17, 15) is 32.0 Å².